The molecule has 1 rings (SSSR count). The van der Waals surface area contributed by atoms with Crippen LogP contribution in [0.3, 0.4) is 0 Å². The third-order valence-electron chi connectivity index (χ3n) is 1.94. The highest BCUT2D eigenvalue weighted by Crippen LogP contribution is 2.13. The van der Waals surface area contributed by atoms with Crippen LogP contribution >= 0.6 is 0 Å². The van der Waals surface area contributed by atoms with Crippen LogP contribution in [0.25, 0.3) is 0 Å². The summed E-state index contributed by atoms with van der Waals surface area (Å²) in [6.45, 7) is 2.22. The van der Waals surface area contributed by atoms with Gasteiger partial charge in [0, 0.05) is 7.11 Å². The summed E-state index contributed by atoms with van der Waals surface area (Å²) in [5.41, 5.74) is 0.672. The van der Waals surface area contributed by atoms with Crippen molar-refractivity contribution in [2.45, 2.75) is 11.8 Å². The van der Waals surface area contributed by atoms with Gasteiger partial charge in [-0.1, -0.05) is 23.1 Å². The van der Waals surface area contributed by atoms with E-state index < -0.39 is 10.0 Å². The number of rotatable bonds is 6. The molecule has 1 N–H and O–H groups in total. The van der Waals surface area contributed by atoms with Crippen LogP contribution in [0, 0.1) is 6.92 Å². The summed E-state index contributed by atoms with van der Waals surface area (Å²) in [5, 5.41) is 0. The summed E-state index contributed by atoms with van der Waals surface area (Å²) in [6.07, 6.45) is 0. The molecule has 0 radical (unpaired) electrons. The van der Waals surface area contributed by atoms with Crippen molar-refractivity contribution in [1.82, 2.24) is 4.89 Å². The maximum absolute atomic E-state index is 11.7. The molecule has 0 unspecified atom stereocenters. The number of ether oxygens (including phenoxy) is 1. The van der Waals surface area contributed by atoms with Gasteiger partial charge in [0.1, 0.15) is 0 Å². The lowest BCUT2D eigenvalue weighted by molar-refractivity contribution is 0.0438. The van der Waals surface area contributed by atoms with Crippen LogP contribution < -0.4 is 4.89 Å². The van der Waals surface area contributed by atoms with Gasteiger partial charge in [-0.25, -0.2) is 8.42 Å². The summed E-state index contributed by atoms with van der Waals surface area (Å²) in [4.78, 5) is 7.04. The summed E-state index contributed by atoms with van der Waals surface area (Å²) < 4.78 is 28.2. The van der Waals surface area contributed by atoms with Crippen LogP contribution in [0.1, 0.15) is 5.56 Å². The average Bonchev–Trinajstić information content (AvgIpc) is 2.25. The van der Waals surface area contributed by atoms with Crippen molar-refractivity contribution >= 4 is 10.0 Å². The third-order valence-corrected chi connectivity index (χ3v) is 3.32. The lowest BCUT2D eigenvalue weighted by atomic mass is 10.2. The highest BCUT2D eigenvalue weighted by Gasteiger charge is 2.15. The van der Waals surface area contributed by atoms with Crippen molar-refractivity contribution in [1.29, 1.82) is 0 Å². The Balaban J connectivity index is 2.68. The van der Waals surface area contributed by atoms with E-state index in [0.29, 0.717) is 12.2 Å². The molecule has 0 spiro atoms. The van der Waals surface area contributed by atoms with E-state index in [9.17, 15) is 8.42 Å². The number of hydrogen-bond donors (Lipinski definition) is 1. The summed E-state index contributed by atoms with van der Waals surface area (Å²) >= 11 is 0. The van der Waals surface area contributed by atoms with Gasteiger partial charge in [0.05, 0.1) is 18.1 Å². The third kappa shape index (κ3) is 3.57. The molecular weight excluding hydrogens is 230 g/mol. The lowest BCUT2D eigenvalue weighted by Gasteiger charge is -2.08. The van der Waals surface area contributed by atoms with Crippen LogP contribution in [0.5, 0.6) is 0 Å². The minimum absolute atomic E-state index is 0.168. The number of aryl methyl sites for hydroxylation is 1. The van der Waals surface area contributed by atoms with E-state index in [1.807, 2.05) is 4.89 Å². The maximum atomic E-state index is 11.7. The van der Waals surface area contributed by atoms with Crippen molar-refractivity contribution in [3.05, 3.63) is 29.8 Å². The normalized spacial score (nSPS) is 11.6. The molecule has 0 amide bonds. The second kappa shape index (κ2) is 5.95. The van der Waals surface area contributed by atoms with E-state index in [2.05, 4.69) is 0 Å². The predicted molar refractivity (Wildman–Crippen MR) is 59.3 cm³/mol. The molecule has 0 heterocycles. The van der Waals surface area contributed by atoms with Gasteiger partial charge in [0.15, 0.2) is 0 Å². The molecule has 0 fully saturated rings. The van der Waals surface area contributed by atoms with Gasteiger partial charge < -0.3 is 4.74 Å². The lowest BCUT2D eigenvalue weighted by Crippen LogP contribution is -2.26. The second-order valence-corrected chi connectivity index (χ2v) is 4.81. The van der Waals surface area contributed by atoms with E-state index in [1.165, 1.54) is 13.2 Å². The van der Waals surface area contributed by atoms with E-state index in [4.69, 9.17) is 9.57 Å². The summed E-state index contributed by atoms with van der Waals surface area (Å²) in [6, 6.07) is 6.69. The van der Waals surface area contributed by atoms with Crippen LogP contribution in [0.4, 0.5) is 0 Å². The Labute approximate surface area is 95.4 Å². The van der Waals surface area contributed by atoms with Gasteiger partial charge >= 0.3 is 0 Å². The first-order chi connectivity index (χ1) is 7.58. The van der Waals surface area contributed by atoms with E-state index >= 15 is 0 Å². The van der Waals surface area contributed by atoms with Crippen molar-refractivity contribution in [3.8, 4) is 0 Å². The monoisotopic (exact) mass is 245 g/mol. The largest absolute Gasteiger partial charge is 0.382 e. The van der Waals surface area contributed by atoms with E-state index in [0.717, 1.165) is 0 Å². The number of methoxy groups -OCH3 is 1. The first kappa shape index (κ1) is 13.1. The molecule has 5 nitrogen and oxygen atoms in total. The van der Waals surface area contributed by atoms with Crippen molar-refractivity contribution in [3.63, 3.8) is 0 Å². The van der Waals surface area contributed by atoms with Gasteiger partial charge in [-0.05, 0) is 18.6 Å². The van der Waals surface area contributed by atoms with Crippen molar-refractivity contribution < 1.29 is 18.0 Å². The fraction of sp³-hybridized carbons (Fsp3) is 0.400. The number of nitrogens with one attached hydrogen (secondary N) is 1. The van der Waals surface area contributed by atoms with E-state index in [-0.39, 0.29) is 11.5 Å². The quantitative estimate of drug-likeness (QED) is 0.596. The first-order valence-electron chi connectivity index (χ1n) is 4.76. The van der Waals surface area contributed by atoms with Gasteiger partial charge in [-0.15, -0.1) is 0 Å². The Bertz CT molecular complexity index is 430. The van der Waals surface area contributed by atoms with Crippen molar-refractivity contribution in [2.24, 2.45) is 0 Å². The minimum Gasteiger partial charge on any atom is -0.382 e. The van der Waals surface area contributed by atoms with Gasteiger partial charge in [-0.2, -0.15) is 0 Å². The van der Waals surface area contributed by atoms with Gasteiger partial charge in [-0.3, -0.25) is 4.84 Å². The minimum atomic E-state index is -3.60. The molecule has 0 saturated carbocycles. The maximum Gasteiger partial charge on any atom is 0.262 e. The zero-order valence-corrected chi connectivity index (χ0v) is 10.1. The highest BCUT2D eigenvalue weighted by atomic mass is 32.2. The summed E-state index contributed by atoms with van der Waals surface area (Å²) in [5.74, 6) is 0. The molecule has 0 aliphatic rings. The molecule has 0 bridgehead atoms. The molecule has 1 aromatic carbocycles. The summed E-state index contributed by atoms with van der Waals surface area (Å²) in [7, 11) is -2.09. The Hall–Kier alpha value is -0.950. The van der Waals surface area contributed by atoms with Crippen molar-refractivity contribution in [2.75, 3.05) is 20.3 Å². The first-order valence-corrected chi connectivity index (χ1v) is 6.24. The van der Waals surface area contributed by atoms with Crippen LogP contribution in [-0.2, 0) is 19.6 Å². The zero-order valence-electron chi connectivity index (χ0n) is 9.26. The predicted octanol–water partition coefficient (Wildman–Crippen LogP) is 0.851. The fourth-order valence-corrected chi connectivity index (χ4v) is 2.22. The van der Waals surface area contributed by atoms with Crippen LogP contribution in [0.15, 0.2) is 29.2 Å². The Morgan fingerprint density at radius 1 is 1.25 bits per heavy atom. The molecular formula is C10H15NO4S. The molecule has 1 aromatic rings. The smallest absolute Gasteiger partial charge is 0.262 e. The number of benzene rings is 1. The zero-order chi connectivity index (χ0) is 12.0. The Morgan fingerprint density at radius 2 is 1.94 bits per heavy atom. The molecule has 90 valence electrons. The molecule has 16 heavy (non-hydrogen) atoms. The van der Waals surface area contributed by atoms with Gasteiger partial charge in [0.2, 0.25) is 0 Å². The average molecular weight is 245 g/mol. The molecule has 0 aliphatic carbocycles. The molecule has 0 atom stereocenters. The standard InChI is InChI=1S/C10H15NO4S/c1-9-5-3-4-6-10(9)16(12,13)11-15-8-7-14-2/h3-6,11H,7-8H2,1-2H3. The van der Waals surface area contributed by atoms with Crippen LogP contribution in [-0.4, -0.2) is 28.7 Å². The van der Waals surface area contributed by atoms with E-state index in [1.54, 1.807) is 25.1 Å². The van der Waals surface area contributed by atoms with Gasteiger partial charge in [0.25, 0.3) is 10.0 Å². The topological polar surface area (TPSA) is 64.6 Å². The Morgan fingerprint density at radius 3 is 2.56 bits per heavy atom. The fourth-order valence-electron chi connectivity index (χ4n) is 1.15. The second-order valence-electron chi connectivity index (χ2n) is 3.19. The number of sulfonamides is 1. The Kier molecular flexibility index (Phi) is 4.88. The highest BCUT2D eigenvalue weighted by molar-refractivity contribution is 7.89. The van der Waals surface area contributed by atoms with Crippen LogP contribution in [0.2, 0.25) is 0 Å². The molecule has 0 aromatic heterocycles. The molecule has 6 heteroatoms. The molecule has 0 saturated heterocycles. The SMILES string of the molecule is COCCONS(=O)(=O)c1ccccc1C. The molecule has 0 aliphatic heterocycles. The number of hydrogen-bond acceptors (Lipinski definition) is 4.